The molecule has 1 aromatic carbocycles. The van der Waals surface area contributed by atoms with E-state index in [1.807, 2.05) is 0 Å². The number of pyridine rings is 1. The molecule has 2 N–H and O–H groups in total. The van der Waals surface area contributed by atoms with Crippen LogP contribution in [-0.4, -0.2) is 32.8 Å². The fraction of sp³-hybridized carbons (Fsp3) is 0.391. The maximum absolute atomic E-state index is 15.1. The molecular formula is C23H26F2N6O2. The average molecular weight is 456 g/mol. The molecular weight excluding hydrogens is 430 g/mol. The van der Waals surface area contributed by atoms with Crippen LogP contribution in [0.25, 0.3) is 11.4 Å². The number of benzene rings is 1. The minimum Gasteiger partial charge on any atom is -0.494 e. The van der Waals surface area contributed by atoms with E-state index in [1.54, 1.807) is 36.3 Å². The molecule has 8 nitrogen and oxygen atoms in total. The van der Waals surface area contributed by atoms with Crippen molar-refractivity contribution >= 4 is 23.1 Å². The summed E-state index contributed by atoms with van der Waals surface area (Å²) in [6, 6.07) is 6.69. The number of ether oxygens (including phenoxy) is 1. The van der Waals surface area contributed by atoms with Crippen LogP contribution < -0.4 is 15.4 Å². The summed E-state index contributed by atoms with van der Waals surface area (Å²) < 4.78 is 37.3. The standard InChI is InChI=1S/C23H26F2N6O2/c1-13(2)23(24,25)16-11-26-19(29-22(32)14-8-9-14)10-18(16)28-17-7-5-6-15(20(17)33-4)21-27-12-31(3)30-21/h5-7,10-14H,8-9H2,1-4H3,(H2,26,28,29,32). The Morgan fingerprint density at radius 3 is 2.61 bits per heavy atom. The Kier molecular flexibility index (Phi) is 6.01. The number of nitrogens with zero attached hydrogens (tertiary/aromatic N) is 4. The monoisotopic (exact) mass is 456 g/mol. The van der Waals surface area contributed by atoms with Gasteiger partial charge in [-0.05, 0) is 25.0 Å². The topological polar surface area (TPSA) is 94.0 Å². The number of amides is 1. The Morgan fingerprint density at radius 2 is 2.00 bits per heavy atom. The largest absolute Gasteiger partial charge is 0.494 e. The minimum absolute atomic E-state index is 0.0392. The van der Waals surface area contributed by atoms with Crippen molar-refractivity contribution in [2.75, 3.05) is 17.7 Å². The van der Waals surface area contributed by atoms with Crippen molar-refractivity contribution in [3.63, 3.8) is 0 Å². The summed E-state index contributed by atoms with van der Waals surface area (Å²) in [5.74, 6) is -3.25. The molecule has 1 fully saturated rings. The summed E-state index contributed by atoms with van der Waals surface area (Å²) in [4.78, 5) is 20.5. The normalized spacial score (nSPS) is 13.8. The zero-order valence-electron chi connectivity index (χ0n) is 18.9. The van der Waals surface area contributed by atoms with Gasteiger partial charge >= 0.3 is 0 Å². The number of nitrogens with one attached hydrogen (secondary N) is 2. The lowest BCUT2D eigenvalue weighted by molar-refractivity contribution is -0.117. The molecule has 4 rings (SSSR count). The minimum atomic E-state index is -3.15. The second-order valence-corrected chi connectivity index (χ2v) is 8.41. The number of alkyl halides is 2. The van der Waals surface area contributed by atoms with Crippen molar-refractivity contribution in [1.29, 1.82) is 0 Å². The Morgan fingerprint density at radius 1 is 1.24 bits per heavy atom. The zero-order chi connectivity index (χ0) is 23.8. The lowest BCUT2D eigenvalue weighted by Gasteiger charge is -2.25. The maximum atomic E-state index is 15.1. The molecule has 1 amide bonds. The average Bonchev–Trinajstić information content (AvgIpc) is 3.54. The van der Waals surface area contributed by atoms with Crippen molar-refractivity contribution in [2.24, 2.45) is 18.9 Å². The number of anilines is 3. The molecule has 0 unspecified atom stereocenters. The van der Waals surface area contributed by atoms with E-state index < -0.39 is 11.8 Å². The first-order chi connectivity index (χ1) is 15.7. The highest BCUT2D eigenvalue weighted by Crippen LogP contribution is 2.43. The van der Waals surface area contributed by atoms with E-state index in [9.17, 15) is 4.79 Å². The molecule has 2 heterocycles. The van der Waals surface area contributed by atoms with E-state index in [-0.39, 0.29) is 28.9 Å². The summed E-state index contributed by atoms with van der Waals surface area (Å²) in [5, 5.41) is 10.1. The summed E-state index contributed by atoms with van der Waals surface area (Å²) in [6.07, 6.45) is 4.33. The predicted molar refractivity (Wildman–Crippen MR) is 121 cm³/mol. The number of halogens is 2. The summed E-state index contributed by atoms with van der Waals surface area (Å²) in [5.41, 5.74) is 0.912. The molecule has 0 atom stereocenters. The fourth-order valence-corrected chi connectivity index (χ4v) is 3.42. The van der Waals surface area contributed by atoms with Crippen LogP contribution in [0.1, 0.15) is 32.3 Å². The first-order valence-corrected chi connectivity index (χ1v) is 10.7. The third-order valence-corrected chi connectivity index (χ3v) is 5.52. The highest BCUT2D eigenvalue weighted by Gasteiger charge is 2.39. The Balaban J connectivity index is 1.76. The molecule has 0 saturated heterocycles. The third kappa shape index (κ3) is 4.64. The lowest BCUT2D eigenvalue weighted by Crippen LogP contribution is -2.23. The van der Waals surface area contributed by atoms with Gasteiger partial charge in [0.15, 0.2) is 11.6 Å². The van der Waals surface area contributed by atoms with Gasteiger partial charge in [0.25, 0.3) is 5.92 Å². The highest BCUT2D eigenvalue weighted by molar-refractivity contribution is 5.93. The molecule has 0 spiro atoms. The van der Waals surface area contributed by atoms with Crippen LogP contribution in [0.2, 0.25) is 0 Å². The molecule has 2 aromatic heterocycles. The molecule has 1 saturated carbocycles. The molecule has 10 heteroatoms. The van der Waals surface area contributed by atoms with Crippen molar-refractivity contribution < 1.29 is 18.3 Å². The number of aryl methyl sites for hydroxylation is 1. The van der Waals surface area contributed by atoms with Gasteiger partial charge in [-0.25, -0.2) is 18.7 Å². The van der Waals surface area contributed by atoms with E-state index in [4.69, 9.17) is 4.74 Å². The predicted octanol–water partition coefficient (Wildman–Crippen LogP) is 4.73. The van der Waals surface area contributed by atoms with Crippen LogP contribution >= 0.6 is 0 Å². The molecule has 1 aliphatic carbocycles. The fourth-order valence-electron chi connectivity index (χ4n) is 3.42. The van der Waals surface area contributed by atoms with Crippen molar-refractivity contribution in [2.45, 2.75) is 32.6 Å². The smallest absolute Gasteiger partial charge is 0.278 e. The number of hydrogen-bond donors (Lipinski definition) is 2. The van der Waals surface area contributed by atoms with Crippen molar-refractivity contribution in [3.8, 4) is 17.1 Å². The number of rotatable bonds is 8. The summed E-state index contributed by atoms with van der Waals surface area (Å²) in [6.45, 7) is 2.89. The van der Waals surface area contributed by atoms with E-state index >= 15 is 8.78 Å². The third-order valence-electron chi connectivity index (χ3n) is 5.52. The van der Waals surface area contributed by atoms with Crippen LogP contribution in [0.4, 0.5) is 26.0 Å². The summed E-state index contributed by atoms with van der Waals surface area (Å²) >= 11 is 0. The second-order valence-electron chi connectivity index (χ2n) is 8.41. The van der Waals surface area contributed by atoms with E-state index in [2.05, 4.69) is 25.7 Å². The van der Waals surface area contributed by atoms with Gasteiger partial charge in [0, 0.05) is 31.1 Å². The first kappa shape index (κ1) is 22.6. The van der Waals surface area contributed by atoms with Gasteiger partial charge < -0.3 is 15.4 Å². The maximum Gasteiger partial charge on any atom is 0.278 e. The van der Waals surface area contributed by atoms with Gasteiger partial charge in [-0.15, -0.1) is 0 Å². The van der Waals surface area contributed by atoms with E-state index in [0.717, 1.165) is 19.0 Å². The first-order valence-electron chi connectivity index (χ1n) is 10.7. The molecule has 3 aromatic rings. The Hall–Kier alpha value is -3.56. The van der Waals surface area contributed by atoms with Crippen molar-refractivity contribution in [3.05, 3.63) is 42.4 Å². The van der Waals surface area contributed by atoms with Gasteiger partial charge in [-0.3, -0.25) is 9.48 Å². The van der Waals surface area contributed by atoms with Crippen LogP contribution in [-0.2, 0) is 17.8 Å². The molecule has 33 heavy (non-hydrogen) atoms. The number of carbonyl (C=O) groups is 1. The molecule has 0 bridgehead atoms. The Bertz CT molecular complexity index is 1170. The number of methoxy groups -OCH3 is 1. The van der Waals surface area contributed by atoms with Crippen LogP contribution in [0.5, 0.6) is 5.75 Å². The van der Waals surface area contributed by atoms with Gasteiger partial charge in [0.05, 0.1) is 29.6 Å². The van der Waals surface area contributed by atoms with Gasteiger partial charge in [0.1, 0.15) is 12.1 Å². The number of carbonyl (C=O) groups excluding carboxylic acids is 1. The Labute approximate surface area is 190 Å². The van der Waals surface area contributed by atoms with Crippen LogP contribution in [0.3, 0.4) is 0 Å². The quantitative estimate of drug-likeness (QED) is 0.509. The van der Waals surface area contributed by atoms with E-state index in [0.29, 0.717) is 22.8 Å². The SMILES string of the molecule is COc1c(Nc2cc(NC(=O)C3CC3)ncc2C(F)(F)C(C)C)cccc1-c1ncn(C)n1. The molecule has 0 aliphatic heterocycles. The van der Waals surface area contributed by atoms with Gasteiger partial charge in [-0.2, -0.15) is 5.10 Å². The number of hydrogen-bond acceptors (Lipinski definition) is 6. The number of para-hydroxylation sites is 1. The second kappa shape index (κ2) is 8.76. The highest BCUT2D eigenvalue weighted by atomic mass is 19.3. The van der Waals surface area contributed by atoms with Crippen molar-refractivity contribution in [1.82, 2.24) is 19.7 Å². The van der Waals surface area contributed by atoms with E-state index in [1.165, 1.54) is 27.0 Å². The summed E-state index contributed by atoms with van der Waals surface area (Å²) in [7, 11) is 3.24. The molecule has 174 valence electrons. The van der Waals surface area contributed by atoms with Crippen LogP contribution in [0, 0.1) is 11.8 Å². The van der Waals surface area contributed by atoms with Gasteiger partial charge in [-0.1, -0.05) is 19.9 Å². The lowest BCUT2D eigenvalue weighted by atomic mass is 9.97. The van der Waals surface area contributed by atoms with Crippen LogP contribution in [0.15, 0.2) is 36.8 Å². The molecule has 0 radical (unpaired) electrons. The number of aromatic nitrogens is 4. The van der Waals surface area contributed by atoms with Gasteiger partial charge in [0.2, 0.25) is 5.91 Å². The zero-order valence-corrected chi connectivity index (χ0v) is 18.9. The molecule has 1 aliphatic rings.